The smallest absolute Gasteiger partial charge is 0.335 e. The lowest BCUT2D eigenvalue weighted by atomic mass is 9.62. The molecule has 2 aromatic carbocycles. The number of aromatic nitrogens is 3. The van der Waals surface area contributed by atoms with E-state index in [1.54, 1.807) is 28.9 Å². The predicted molar refractivity (Wildman–Crippen MR) is 193 cm³/mol. The highest BCUT2D eigenvalue weighted by atomic mass is 35.5. The number of nitro benzene ring substituents is 1. The average Bonchev–Trinajstić information content (AvgIpc) is 3.70. The van der Waals surface area contributed by atoms with Crippen LogP contribution >= 0.6 is 11.6 Å². The van der Waals surface area contributed by atoms with Gasteiger partial charge in [0, 0.05) is 55.8 Å². The normalized spacial score (nSPS) is 24.0. The minimum absolute atomic E-state index is 0.0320. The number of hydrogen-bond acceptors (Lipinski definition) is 10. The van der Waals surface area contributed by atoms with Gasteiger partial charge in [-0.25, -0.2) is 18.3 Å². The number of carbonyl (C=O) groups excluding carboxylic acids is 3. The molecule has 4 atom stereocenters. The van der Waals surface area contributed by atoms with Crippen LogP contribution in [0.5, 0.6) is 5.75 Å². The van der Waals surface area contributed by atoms with Gasteiger partial charge in [-0.05, 0) is 86.1 Å². The number of fused-ring (bicyclic) bond motifs is 1. The highest BCUT2D eigenvalue weighted by Gasteiger charge is 2.55. The number of methoxy groups -OCH3 is 1. The molecule has 56 heavy (non-hydrogen) atoms. The zero-order chi connectivity index (χ0) is 40.3. The molecule has 1 aromatic heterocycles. The van der Waals surface area contributed by atoms with Crippen LogP contribution in [0.2, 0.25) is 5.02 Å². The Labute approximate surface area is 325 Å². The molecule has 1 spiro atoms. The van der Waals surface area contributed by atoms with E-state index in [2.05, 4.69) is 10.3 Å². The molecule has 7 rings (SSSR count). The Balaban J connectivity index is 1.30. The van der Waals surface area contributed by atoms with Gasteiger partial charge in [0.05, 0.1) is 35.0 Å². The predicted octanol–water partition coefficient (Wildman–Crippen LogP) is 5.79. The second-order valence-corrected chi connectivity index (χ2v) is 16.0. The number of esters is 1. The van der Waals surface area contributed by atoms with E-state index in [4.69, 9.17) is 21.1 Å². The Morgan fingerprint density at radius 2 is 1.93 bits per heavy atom. The van der Waals surface area contributed by atoms with Gasteiger partial charge in [0.15, 0.2) is 0 Å². The van der Waals surface area contributed by atoms with Gasteiger partial charge in [-0.1, -0.05) is 16.8 Å². The van der Waals surface area contributed by atoms with Crippen molar-refractivity contribution >= 4 is 41.0 Å². The zero-order valence-corrected chi connectivity index (χ0v) is 31.8. The molecule has 0 radical (unpaired) electrons. The molecule has 1 N–H and O–H groups in total. The quantitative estimate of drug-likeness (QED) is 0.141. The number of hydrogen-bond donors (Lipinski definition) is 1. The maximum atomic E-state index is 15.3. The molecule has 15 nitrogen and oxygen atoms in total. The topological polar surface area (TPSA) is 187 Å². The van der Waals surface area contributed by atoms with Gasteiger partial charge in [0.1, 0.15) is 23.7 Å². The molecule has 2 aliphatic carbocycles. The fourth-order valence-corrected chi connectivity index (χ4v) is 9.25. The minimum atomic E-state index is -2.87. The van der Waals surface area contributed by atoms with Crippen molar-refractivity contribution in [2.24, 2.45) is 23.8 Å². The summed E-state index contributed by atoms with van der Waals surface area (Å²) in [7, 11) is 2.57. The van der Waals surface area contributed by atoms with Gasteiger partial charge in [-0.15, -0.1) is 5.10 Å². The number of carboxylic acid groups (broad SMARTS) is 1. The van der Waals surface area contributed by atoms with Gasteiger partial charge in [-0.3, -0.25) is 24.5 Å². The van der Waals surface area contributed by atoms with E-state index in [0.717, 1.165) is 23.6 Å². The van der Waals surface area contributed by atoms with Crippen LogP contribution in [0.1, 0.15) is 102 Å². The molecular weight excluding hydrogens is 758 g/mol. The van der Waals surface area contributed by atoms with Gasteiger partial charge < -0.3 is 24.4 Å². The molecule has 0 unspecified atom stereocenters. The van der Waals surface area contributed by atoms with Crippen molar-refractivity contribution in [2.45, 2.75) is 76.9 Å². The van der Waals surface area contributed by atoms with Gasteiger partial charge in [0.2, 0.25) is 11.8 Å². The SMILES string of the molecule is COC(=O)[C@@]1(C)CC[C@H](c2cc([N+](=O)[O-])ccc2C(=O)O)C[C@H]1C(=O)N1CCc2c(Cl)ccc(OCc3nnn(C)c3C(F)F)c2[C@H]1CN1CC2(CC2)CC1=O. The summed E-state index contributed by atoms with van der Waals surface area (Å²) in [5, 5.41) is 29.8. The molecule has 3 fully saturated rings. The lowest BCUT2D eigenvalue weighted by molar-refractivity contribution is -0.384. The van der Waals surface area contributed by atoms with Crippen LogP contribution in [-0.2, 0) is 39.2 Å². The number of nitrogens with zero attached hydrogens (tertiary/aromatic N) is 6. The Morgan fingerprint density at radius 1 is 1.18 bits per heavy atom. The van der Waals surface area contributed by atoms with Gasteiger partial charge in [0.25, 0.3) is 12.1 Å². The van der Waals surface area contributed by atoms with Crippen LogP contribution in [0.15, 0.2) is 30.3 Å². The van der Waals surface area contributed by atoms with Crippen molar-refractivity contribution in [3.63, 3.8) is 0 Å². The first-order valence-electron chi connectivity index (χ1n) is 18.4. The van der Waals surface area contributed by atoms with E-state index >= 15 is 4.79 Å². The summed E-state index contributed by atoms with van der Waals surface area (Å²) in [4.78, 5) is 69.1. The van der Waals surface area contributed by atoms with Crippen LogP contribution in [-0.4, -0.2) is 85.3 Å². The van der Waals surface area contributed by atoms with Crippen molar-refractivity contribution in [2.75, 3.05) is 26.7 Å². The minimum Gasteiger partial charge on any atom is -0.487 e. The van der Waals surface area contributed by atoms with Crippen molar-refractivity contribution < 1.29 is 47.5 Å². The number of halogens is 3. The first-order valence-corrected chi connectivity index (χ1v) is 18.7. The van der Waals surface area contributed by atoms with E-state index in [1.807, 2.05) is 0 Å². The molecule has 3 heterocycles. The summed E-state index contributed by atoms with van der Waals surface area (Å²) in [5.41, 5.74) is -1.11. The number of non-ortho nitro benzene ring substituents is 1. The standard InChI is InChI=1S/C38H41ClF2N6O9/c1-37(36(52)55-3)10-8-20(24-15-21(47(53)54)4-5-22(24)35(50)51)14-25(37)34(49)46-13-9-23-26(39)6-7-29(56-18-27-32(33(40)41)44(2)43-42-27)31(23)28(46)17-45-19-38(11-12-38)16-30(45)48/h4-7,15,20,25,28,33H,8-14,16-19H2,1-3H3,(H,50,51)/t20-,25-,28+,37-/m0/s1. The molecule has 2 aliphatic heterocycles. The summed E-state index contributed by atoms with van der Waals surface area (Å²) >= 11 is 6.79. The number of carboxylic acids is 1. The second-order valence-electron chi connectivity index (χ2n) is 15.6. The van der Waals surface area contributed by atoms with Crippen molar-refractivity contribution in [1.82, 2.24) is 24.8 Å². The number of benzene rings is 2. The highest BCUT2D eigenvalue weighted by molar-refractivity contribution is 6.31. The van der Waals surface area contributed by atoms with Crippen molar-refractivity contribution in [3.05, 3.63) is 79.1 Å². The fraction of sp³-hybridized carbons (Fsp3) is 0.526. The summed E-state index contributed by atoms with van der Waals surface area (Å²) in [6, 6.07) is 5.85. The monoisotopic (exact) mass is 798 g/mol. The zero-order valence-electron chi connectivity index (χ0n) is 31.0. The molecule has 4 aliphatic rings. The maximum Gasteiger partial charge on any atom is 0.335 e. The second kappa shape index (κ2) is 14.7. The lowest BCUT2D eigenvalue weighted by Gasteiger charge is -2.47. The number of aromatic carboxylic acids is 1. The molecule has 3 aromatic rings. The Hall–Kier alpha value is -5.19. The summed E-state index contributed by atoms with van der Waals surface area (Å²) in [6.45, 7) is 1.92. The van der Waals surface area contributed by atoms with Crippen LogP contribution in [0.4, 0.5) is 14.5 Å². The largest absolute Gasteiger partial charge is 0.487 e. The third kappa shape index (κ3) is 6.94. The third-order valence-electron chi connectivity index (χ3n) is 12.3. The number of ether oxygens (including phenoxy) is 2. The number of likely N-dealkylation sites (tertiary alicyclic amines) is 1. The highest BCUT2D eigenvalue weighted by Crippen LogP contribution is 2.55. The summed E-state index contributed by atoms with van der Waals surface area (Å²) < 4.78 is 40.3. The van der Waals surface area contributed by atoms with E-state index < -0.39 is 58.2 Å². The van der Waals surface area contributed by atoms with Crippen molar-refractivity contribution in [3.8, 4) is 5.75 Å². The average molecular weight is 799 g/mol. The third-order valence-corrected chi connectivity index (χ3v) is 12.6. The number of amides is 2. The Bertz CT molecular complexity index is 2130. The summed E-state index contributed by atoms with van der Waals surface area (Å²) in [5.74, 6) is -3.96. The van der Waals surface area contributed by atoms with Crippen LogP contribution < -0.4 is 4.74 Å². The molecule has 1 saturated heterocycles. The fourth-order valence-electron chi connectivity index (χ4n) is 8.99. The Morgan fingerprint density at radius 3 is 2.57 bits per heavy atom. The van der Waals surface area contributed by atoms with Crippen LogP contribution in [0.3, 0.4) is 0 Å². The van der Waals surface area contributed by atoms with Crippen LogP contribution in [0, 0.1) is 26.9 Å². The first-order chi connectivity index (χ1) is 26.6. The lowest BCUT2D eigenvalue weighted by Crippen LogP contribution is -2.53. The van der Waals surface area contributed by atoms with E-state index in [0.29, 0.717) is 29.1 Å². The number of aryl methyl sites for hydroxylation is 1. The molecular formula is C38H41ClF2N6O9. The van der Waals surface area contributed by atoms with E-state index in [-0.39, 0.29) is 85.0 Å². The van der Waals surface area contributed by atoms with Crippen molar-refractivity contribution in [1.29, 1.82) is 0 Å². The number of alkyl halides is 2. The van der Waals surface area contributed by atoms with E-state index in [9.17, 15) is 38.4 Å². The van der Waals surface area contributed by atoms with Gasteiger partial charge in [-0.2, -0.15) is 0 Å². The molecule has 2 amide bonds. The van der Waals surface area contributed by atoms with E-state index in [1.165, 1.54) is 26.3 Å². The Kier molecular flexibility index (Phi) is 10.3. The molecule has 298 valence electrons. The van der Waals surface area contributed by atoms with Gasteiger partial charge >= 0.3 is 11.9 Å². The first kappa shape index (κ1) is 39.1. The number of rotatable bonds is 11. The molecule has 2 saturated carbocycles. The number of carbonyl (C=O) groups is 4. The van der Waals surface area contributed by atoms with Crippen LogP contribution in [0.25, 0.3) is 0 Å². The molecule has 18 heteroatoms. The molecule has 0 bridgehead atoms. The maximum absolute atomic E-state index is 15.3. The summed E-state index contributed by atoms with van der Waals surface area (Å²) in [6.07, 6.45) is -0.126. The number of nitro groups is 1.